The van der Waals surface area contributed by atoms with Crippen molar-refractivity contribution in [3.63, 3.8) is 0 Å². The Morgan fingerprint density at radius 1 is 1.20 bits per heavy atom. The highest BCUT2D eigenvalue weighted by molar-refractivity contribution is 4.77. The standard InChI is InChI=1S/C10H20F3NO/c1-3-5-9(2,14)6-4-7-15-8-10(11,12)13/h3-8,14H2,1-2H3. The third-order valence-corrected chi connectivity index (χ3v) is 2.12. The molecule has 92 valence electrons. The molecule has 0 amide bonds. The average molecular weight is 227 g/mol. The minimum atomic E-state index is -4.23. The summed E-state index contributed by atoms with van der Waals surface area (Å²) >= 11 is 0. The van der Waals surface area contributed by atoms with E-state index < -0.39 is 12.8 Å². The van der Waals surface area contributed by atoms with Gasteiger partial charge in [0, 0.05) is 12.1 Å². The van der Waals surface area contributed by atoms with Crippen LogP contribution in [-0.4, -0.2) is 24.9 Å². The Kier molecular flexibility index (Phi) is 6.20. The molecular formula is C10H20F3NO. The van der Waals surface area contributed by atoms with Gasteiger partial charge >= 0.3 is 6.18 Å². The third-order valence-electron chi connectivity index (χ3n) is 2.12. The zero-order valence-corrected chi connectivity index (χ0v) is 9.36. The molecule has 1 atom stereocenters. The first-order valence-corrected chi connectivity index (χ1v) is 5.20. The summed E-state index contributed by atoms with van der Waals surface area (Å²) in [4.78, 5) is 0. The highest BCUT2D eigenvalue weighted by atomic mass is 19.4. The van der Waals surface area contributed by atoms with Gasteiger partial charge in [0.2, 0.25) is 0 Å². The van der Waals surface area contributed by atoms with E-state index in [0.29, 0.717) is 12.8 Å². The fraction of sp³-hybridized carbons (Fsp3) is 1.00. The smallest absolute Gasteiger partial charge is 0.372 e. The van der Waals surface area contributed by atoms with Gasteiger partial charge in [0.25, 0.3) is 0 Å². The maximum Gasteiger partial charge on any atom is 0.411 e. The molecule has 0 aliphatic heterocycles. The van der Waals surface area contributed by atoms with Gasteiger partial charge < -0.3 is 10.5 Å². The van der Waals surface area contributed by atoms with Gasteiger partial charge in [0.1, 0.15) is 6.61 Å². The fourth-order valence-corrected chi connectivity index (χ4v) is 1.46. The second-order valence-electron chi connectivity index (χ2n) is 4.18. The Labute approximate surface area is 89.0 Å². The Bertz CT molecular complexity index is 169. The predicted molar refractivity (Wildman–Crippen MR) is 53.6 cm³/mol. The van der Waals surface area contributed by atoms with Crippen LogP contribution in [0, 0.1) is 0 Å². The number of ether oxygens (including phenoxy) is 1. The molecule has 0 radical (unpaired) electrons. The van der Waals surface area contributed by atoms with Gasteiger partial charge in [0.05, 0.1) is 0 Å². The number of rotatable bonds is 7. The van der Waals surface area contributed by atoms with Crippen molar-refractivity contribution in [1.82, 2.24) is 0 Å². The molecule has 2 nitrogen and oxygen atoms in total. The number of hydrogen-bond donors (Lipinski definition) is 1. The molecule has 0 aromatic rings. The first-order chi connectivity index (χ1) is 6.77. The maximum absolute atomic E-state index is 11.7. The van der Waals surface area contributed by atoms with Gasteiger partial charge in [-0.25, -0.2) is 0 Å². The van der Waals surface area contributed by atoms with E-state index in [2.05, 4.69) is 4.74 Å². The molecule has 0 aliphatic rings. The molecule has 0 heterocycles. The van der Waals surface area contributed by atoms with Crippen molar-refractivity contribution < 1.29 is 17.9 Å². The fourth-order valence-electron chi connectivity index (χ4n) is 1.46. The zero-order chi connectivity index (χ0) is 11.9. The van der Waals surface area contributed by atoms with E-state index in [1.165, 1.54) is 0 Å². The lowest BCUT2D eigenvalue weighted by atomic mass is 9.92. The molecule has 0 saturated carbocycles. The number of halogens is 3. The van der Waals surface area contributed by atoms with Crippen molar-refractivity contribution in [2.75, 3.05) is 13.2 Å². The van der Waals surface area contributed by atoms with Crippen LogP contribution in [0.3, 0.4) is 0 Å². The average Bonchev–Trinajstić information content (AvgIpc) is 2.00. The lowest BCUT2D eigenvalue weighted by Gasteiger charge is -2.23. The molecule has 0 saturated heterocycles. The number of nitrogens with two attached hydrogens (primary N) is 1. The van der Waals surface area contributed by atoms with Crippen molar-refractivity contribution in [1.29, 1.82) is 0 Å². The highest BCUT2D eigenvalue weighted by Crippen LogP contribution is 2.17. The van der Waals surface area contributed by atoms with Crippen LogP contribution in [0.1, 0.15) is 39.5 Å². The van der Waals surface area contributed by atoms with Crippen molar-refractivity contribution >= 4 is 0 Å². The molecule has 0 aliphatic carbocycles. The largest absolute Gasteiger partial charge is 0.411 e. The molecule has 0 aromatic heterocycles. The highest BCUT2D eigenvalue weighted by Gasteiger charge is 2.27. The molecule has 0 bridgehead atoms. The SMILES string of the molecule is CCCC(C)(N)CCCOCC(F)(F)F. The molecule has 0 spiro atoms. The van der Waals surface area contributed by atoms with Gasteiger partial charge in [-0.05, 0) is 26.2 Å². The van der Waals surface area contributed by atoms with Crippen LogP contribution in [0.5, 0.6) is 0 Å². The zero-order valence-electron chi connectivity index (χ0n) is 9.36. The summed E-state index contributed by atoms with van der Waals surface area (Å²) in [5.74, 6) is 0. The van der Waals surface area contributed by atoms with Crippen LogP contribution >= 0.6 is 0 Å². The first kappa shape index (κ1) is 14.7. The molecule has 0 aromatic carbocycles. The Morgan fingerprint density at radius 3 is 2.27 bits per heavy atom. The van der Waals surface area contributed by atoms with E-state index in [-0.39, 0.29) is 12.1 Å². The van der Waals surface area contributed by atoms with Crippen LogP contribution in [-0.2, 0) is 4.74 Å². The van der Waals surface area contributed by atoms with E-state index in [1.807, 2.05) is 13.8 Å². The van der Waals surface area contributed by atoms with Crippen molar-refractivity contribution in [3.05, 3.63) is 0 Å². The van der Waals surface area contributed by atoms with E-state index in [1.54, 1.807) is 0 Å². The monoisotopic (exact) mass is 227 g/mol. The van der Waals surface area contributed by atoms with Crippen LogP contribution in [0.15, 0.2) is 0 Å². The number of hydrogen-bond acceptors (Lipinski definition) is 2. The summed E-state index contributed by atoms with van der Waals surface area (Å²) in [6.45, 7) is 2.91. The van der Waals surface area contributed by atoms with E-state index in [4.69, 9.17) is 5.73 Å². The van der Waals surface area contributed by atoms with E-state index in [9.17, 15) is 13.2 Å². The van der Waals surface area contributed by atoms with Crippen LogP contribution < -0.4 is 5.73 Å². The topological polar surface area (TPSA) is 35.2 Å². The Balaban J connectivity index is 3.46. The summed E-state index contributed by atoms with van der Waals surface area (Å²) < 4.78 is 39.6. The van der Waals surface area contributed by atoms with Gasteiger partial charge in [-0.1, -0.05) is 13.3 Å². The molecule has 0 fully saturated rings. The molecule has 15 heavy (non-hydrogen) atoms. The third kappa shape index (κ3) is 10.0. The first-order valence-electron chi connectivity index (χ1n) is 5.20. The second kappa shape index (κ2) is 6.33. The Hall–Kier alpha value is -0.290. The summed E-state index contributed by atoms with van der Waals surface area (Å²) in [6.07, 6.45) is -1.10. The van der Waals surface area contributed by atoms with Crippen molar-refractivity contribution in [3.8, 4) is 0 Å². The van der Waals surface area contributed by atoms with Gasteiger partial charge in [-0.3, -0.25) is 0 Å². The minimum Gasteiger partial charge on any atom is -0.372 e. The van der Waals surface area contributed by atoms with Crippen molar-refractivity contribution in [2.45, 2.75) is 51.2 Å². The lowest BCUT2D eigenvalue weighted by molar-refractivity contribution is -0.174. The predicted octanol–water partition coefficient (Wildman–Crippen LogP) is 2.86. The molecule has 5 heteroatoms. The summed E-state index contributed by atoms with van der Waals surface area (Å²) in [5.41, 5.74) is 5.64. The van der Waals surface area contributed by atoms with Crippen LogP contribution in [0.4, 0.5) is 13.2 Å². The molecule has 0 rings (SSSR count). The second-order valence-corrected chi connectivity index (χ2v) is 4.18. The summed E-state index contributed by atoms with van der Waals surface area (Å²) in [5, 5.41) is 0. The minimum absolute atomic E-state index is 0.121. The van der Waals surface area contributed by atoms with Crippen LogP contribution in [0.2, 0.25) is 0 Å². The normalized spacial score (nSPS) is 16.4. The lowest BCUT2D eigenvalue weighted by Crippen LogP contribution is -2.36. The van der Waals surface area contributed by atoms with E-state index >= 15 is 0 Å². The van der Waals surface area contributed by atoms with E-state index in [0.717, 1.165) is 12.8 Å². The van der Waals surface area contributed by atoms with Crippen LogP contribution in [0.25, 0.3) is 0 Å². The molecule has 2 N–H and O–H groups in total. The number of alkyl halides is 3. The maximum atomic E-state index is 11.7. The van der Waals surface area contributed by atoms with Gasteiger partial charge in [-0.15, -0.1) is 0 Å². The van der Waals surface area contributed by atoms with Gasteiger partial charge in [-0.2, -0.15) is 13.2 Å². The quantitative estimate of drug-likeness (QED) is 0.679. The molecule has 1 unspecified atom stereocenters. The summed E-state index contributed by atoms with van der Waals surface area (Å²) in [6, 6.07) is 0. The Morgan fingerprint density at radius 2 is 1.80 bits per heavy atom. The van der Waals surface area contributed by atoms with Crippen molar-refractivity contribution in [2.24, 2.45) is 5.73 Å². The molecular weight excluding hydrogens is 207 g/mol. The summed E-state index contributed by atoms with van der Waals surface area (Å²) in [7, 11) is 0. The van der Waals surface area contributed by atoms with Gasteiger partial charge in [0.15, 0.2) is 0 Å².